The van der Waals surface area contributed by atoms with Crippen molar-refractivity contribution in [2.24, 2.45) is 0 Å². The molecule has 6 heteroatoms. The van der Waals surface area contributed by atoms with Crippen LogP contribution >= 0.6 is 23.4 Å². The Bertz CT molecular complexity index is 722. The highest BCUT2D eigenvalue weighted by Gasteiger charge is 2.09. The molecule has 3 aromatic rings. The largest absolute Gasteiger partial charge is 0.214 e. The van der Waals surface area contributed by atoms with Crippen molar-refractivity contribution in [2.45, 2.75) is 17.8 Å². The Balaban J connectivity index is 1.76. The van der Waals surface area contributed by atoms with Crippen LogP contribution in [-0.2, 0) is 5.75 Å². The fraction of sp³-hybridized carbons (Fsp3) is 0.133. The molecule has 0 saturated carbocycles. The number of hydrogen-bond donors (Lipinski definition) is 0. The topological polar surface area (TPSA) is 43.6 Å². The fourth-order valence-electron chi connectivity index (χ4n) is 1.85. The lowest BCUT2D eigenvalue weighted by molar-refractivity contribution is 0.756. The van der Waals surface area contributed by atoms with Gasteiger partial charge in [0.05, 0.1) is 5.69 Å². The second kappa shape index (κ2) is 6.28. The predicted octanol–water partition coefficient (Wildman–Crippen LogP) is 3.92. The Morgan fingerprint density at radius 3 is 2.48 bits per heavy atom. The normalized spacial score (nSPS) is 10.8. The molecule has 4 nitrogen and oxygen atoms in total. The number of tetrazole rings is 1. The zero-order chi connectivity index (χ0) is 14.7. The van der Waals surface area contributed by atoms with Crippen molar-refractivity contribution in [1.82, 2.24) is 20.2 Å². The van der Waals surface area contributed by atoms with Gasteiger partial charge in [0.2, 0.25) is 5.16 Å². The van der Waals surface area contributed by atoms with Crippen LogP contribution in [0.3, 0.4) is 0 Å². The number of aryl methyl sites for hydroxylation is 1. The lowest BCUT2D eigenvalue weighted by Crippen LogP contribution is -1.98. The summed E-state index contributed by atoms with van der Waals surface area (Å²) in [6.45, 7) is 2.08. The fourth-order valence-corrected chi connectivity index (χ4v) is 2.82. The van der Waals surface area contributed by atoms with Crippen LogP contribution in [0.4, 0.5) is 0 Å². The summed E-state index contributed by atoms with van der Waals surface area (Å²) >= 11 is 7.51. The van der Waals surface area contributed by atoms with Crippen LogP contribution in [0.5, 0.6) is 0 Å². The van der Waals surface area contributed by atoms with Gasteiger partial charge < -0.3 is 0 Å². The molecule has 0 aliphatic rings. The second-order valence-corrected chi connectivity index (χ2v) is 6.00. The van der Waals surface area contributed by atoms with E-state index in [1.54, 1.807) is 16.4 Å². The van der Waals surface area contributed by atoms with E-state index in [2.05, 4.69) is 46.7 Å². The van der Waals surface area contributed by atoms with Crippen molar-refractivity contribution in [3.05, 3.63) is 64.7 Å². The molecule has 0 aliphatic heterocycles. The van der Waals surface area contributed by atoms with Gasteiger partial charge in [-0.2, -0.15) is 4.68 Å². The van der Waals surface area contributed by atoms with E-state index < -0.39 is 0 Å². The molecule has 0 aliphatic carbocycles. The van der Waals surface area contributed by atoms with Gasteiger partial charge in [-0.05, 0) is 47.2 Å². The van der Waals surface area contributed by atoms with Gasteiger partial charge in [0.15, 0.2) is 0 Å². The average Bonchev–Trinajstić information content (AvgIpc) is 2.96. The molecule has 0 unspecified atom stereocenters. The van der Waals surface area contributed by atoms with Crippen LogP contribution in [0.2, 0.25) is 5.02 Å². The molecule has 0 N–H and O–H groups in total. The van der Waals surface area contributed by atoms with E-state index in [0.29, 0.717) is 5.02 Å². The maximum Gasteiger partial charge on any atom is 0.214 e. The monoisotopic (exact) mass is 316 g/mol. The first kappa shape index (κ1) is 14.1. The van der Waals surface area contributed by atoms with Gasteiger partial charge >= 0.3 is 0 Å². The number of nitrogens with zero attached hydrogens (tertiary/aromatic N) is 4. The van der Waals surface area contributed by atoms with E-state index in [1.165, 1.54) is 11.1 Å². The molecule has 1 heterocycles. The van der Waals surface area contributed by atoms with Crippen LogP contribution in [0, 0.1) is 6.92 Å². The summed E-state index contributed by atoms with van der Waals surface area (Å²) < 4.78 is 1.72. The lowest BCUT2D eigenvalue weighted by atomic mass is 10.2. The summed E-state index contributed by atoms with van der Waals surface area (Å²) in [5.74, 6) is 0.828. The number of benzene rings is 2. The Morgan fingerprint density at radius 1 is 1.05 bits per heavy atom. The third-order valence-corrected chi connectivity index (χ3v) is 4.24. The average molecular weight is 317 g/mol. The number of hydrogen-bond acceptors (Lipinski definition) is 4. The first-order valence-electron chi connectivity index (χ1n) is 6.45. The summed E-state index contributed by atoms with van der Waals surface area (Å²) in [5, 5.41) is 13.3. The number of thioether (sulfide) groups is 1. The molecule has 0 amide bonds. The predicted molar refractivity (Wildman–Crippen MR) is 84.9 cm³/mol. The molecular formula is C15H13ClN4S. The van der Waals surface area contributed by atoms with E-state index in [1.807, 2.05) is 24.3 Å². The van der Waals surface area contributed by atoms with Gasteiger partial charge in [0.1, 0.15) is 0 Å². The molecule has 0 atom stereocenters. The van der Waals surface area contributed by atoms with Crippen molar-refractivity contribution in [3.63, 3.8) is 0 Å². The molecule has 21 heavy (non-hydrogen) atoms. The second-order valence-electron chi connectivity index (χ2n) is 4.62. The Hall–Kier alpha value is -1.85. The quantitative estimate of drug-likeness (QED) is 0.684. The summed E-state index contributed by atoms with van der Waals surface area (Å²) in [6, 6.07) is 15.9. The highest BCUT2D eigenvalue weighted by Crippen LogP contribution is 2.23. The number of aromatic nitrogens is 4. The van der Waals surface area contributed by atoms with E-state index in [9.17, 15) is 0 Å². The first-order chi connectivity index (χ1) is 10.2. The Morgan fingerprint density at radius 2 is 1.76 bits per heavy atom. The van der Waals surface area contributed by atoms with Gasteiger partial charge in [-0.3, -0.25) is 0 Å². The van der Waals surface area contributed by atoms with Crippen molar-refractivity contribution < 1.29 is 0 Å². The van der Waals surface area contributed by atoms with Gasteiger partial charge in [-0.15, -0.1) is 5.10 Å². The minimum absolute atomic E-state index is 0.695. The molecule has 106 valence electrons. The van der Waals surface area contributed by atoms with Crippen LogP contribution < -0.4 is 0 Å². The van der Waals surface area contributed by atoms with Crippen molar-refractivity contribution in [2.75, 3.05) is 0 Å². The summed E-state index contributed by atoms with van der Waals surface area (Å²) in [4.78, 5) is 0. The number of rotatable bonds is 4. The molecule has 0 saturated heterocycles. The smallest absolute Gasteiger partial charge is 0.187 e. The van der Waals surface area contributed by atoms with Gasteiger partial charge in [0.25, 0.3) is 0 Å². The van der Waals surface area contributed by atoms with Crippen LogP contribution in [0.25, 0.3) is 5.69 Å². The zero-order valence-corrected chi connectivity index (χ0v) is 13.0. The van der Waals surface area contributed by atoms with E-state index in [4.69, 9.17) is 11.6 Å². The first-order valence-corrected chi connectivity index (χ1v) is 7.81. The molecular weight excluding hydrogens is 304 g/mol. The van der Waals surface area contributed by atoms with Gasteiger partial charge in [-0.25, -0.2) is 0 Å². The zero-order valence-electron chi connectivity index (χ0n) is 11.4. The van der Waals surface area contributed by atoms with Crippen LogP contribution in [0.15, 0.2) is 53.7 Å². The minimum Gasteiger partial charge on any atom is -0.187 e. The third-order valence-electron chi connectivity index (χ3n) is 3.00. The molecule has 3 rings (SSSR count). The number of halogens is 1. The van der Waals surface area contributed by atoms with Crippen molar-refractivity contribution >= 4 is 23.4 Å². The molecule has 2 aromatic carbocycles. The van der Waals surface area contributed by atoms with E-state index in [-0.39, 0.29) is 0 Å². The SMILES string of the molecule is Cc1ccc(CSc2nnnn2-c2ccc(Cl)cc2)cc1. The Labute approximate surface area is 132 Å². The Kier molecular flexibility index (Phi) is 4.22. The van der Waals surface area contributed by atoms with Crippen LogP contribution in [0.1, 0.15) is 11.1 Å². The highest BCUT2D eigenvalue weighted by atomic mass is 35.5. The van der Waals surface area contributed by atoms with Gasteiger partial charge in [-0.1, -0.05) is 53.2 Å². The molecule has 0 spiro atoms. The third kappa shape index (κ3) is 3.43. The van der Waals surface area contributed by atoms with Crippen molar-refractivity contribution in [1.29, 1.82) is 0 Å². The summed E-state index contributed by atoms with van der Waals surface area (Å²) in [7, 11) is 0. The maximum atomic E-state index is 5.90. The molecule has 0 radical (unpaired) electrons. The molecule has 0 fully saturated rings. The van der Waals surface area contributed by atoms with Gasteiger partial charge in [0, 0.05) is 10.8 Å². The van der Waals surface area contributed by atoms with E-state index >= 15 is 0 Å². The molecule has 0 bridgehead atoms. The van der Waals surface area contributed by atoms with Crippen LogP contribution in [-0.4, -0.2) is 20.2 Å². The lowest BCUT2D eigenvalue weighted by Gasteiger charge is -2.04. The molecule has 1 aromatic heterocycles. The summed E-state index contributed by atoms with van der Waals surface area (Å²) in [6.07, 6.45) is 0. The maximum absolute atomic E-state index is 5.90. The highest BCUT2D eigenvalue weighted by molar-refractivity contribution is 7.98. The standard InChI is InChI=1S/C15H13ClN4S/c1-11-2-4-12(5-3-11)10-21-15-17-18-19-20(15)14-8-6-13(16)7-9-14/h2-9H,10H2,1H3. The minimum atomic E-state index is 0.695. The van der Waals surface area contributed by atoms with Crippen molar-refractivity contribution in [3.8, 4) is 5.69 Å². The van der Waals surface area contributed by atoms with E-state index in [0.717, 1.165) is 16.6 Å². The summed E-state index contributed by atoms with van der Waals surface area (Å²) in [5.41, 5.74) is 3.40.